The lowest BCUT2D eigenvalue weighted by Crippen LogP contribution is -2.19. The average molecular weight is 352 g/mol. The predicted octanol–water partition coefficient (Wildman–Crippen LogP) is 1.62. The molecule has 3 N–H and O–H groups in total. The lowest BCUT2D eigenvalue weighted by molar-refractivity contribution is -0.384. The summed E-state index contributed by atoms with van der Waals surface area (Å²) in [5.74, 6) is 0.124. The maximum absolute atomic E-state index is 11.9. The van der Waals surface area contributed by atoms with Crippen LogP contribution in [0.1, 0.15) is 16.8 Å². The first-order chi connectivity index (χ1) is 11.4. The molecule has 1 heterocycles. The van der Waals surface area contributed by atoms with Gasteiger partial charge in [0.15, 0.2) is 0 Å². The first-order valence-corrected chi connectivity index (χ1v) is 7.24. The second kappa shape index (κ2) is 7.66. The quantitative estimate of drug-likeness (QED) is 0.411. The summed E-state index contributed by atoms with van der Waals surface area (Å²) < 4.78 is 0. The fourth-order valence-corrected chi connectivity index (χ4v) is 2.17. The Morgan fingerprint density at radius 3 is 2.92 bits per heavy atom. The number of H-pyrrole nitrogens is 1. The molecule has 0 aliphatic rings. The van der Waals surface area contributed by atoms with Crippen LogP contribution in [-0.2, 0) is 6.42 Å². The number of aliphatic hydroxyl groups is 1. The predicted molar refractivity (Wildman–Crippen MR) is 89.7 cm³/mol. The number of benzene rings is 1. The van der Waals surface area contributed by atoms with Gasteiger partial charge in [0.05, 0.1) is 16.8 Å². The lowest BCUT2D eigenvalue weighted by Gasteiger charge is -2.05. The van der Waals surface area contributed by atoms with Crippen LogP contribution in [0.25, 0.3) is 0 Å². The molecule has 2 rings (SSSR count). The van der Waals surface area contributed by atoms with E-state index in [0.29, 0.717) is 16.8 Å². The standard InChI is InChI=1S/C14H14ClN5O4/c1-8-10(4-5-21)13(22)18-14(17-8)19-16-7-9-2-3-11(15)12(6-9)20(23)24/h2-3,6-7,21H,4-5H2,1H3,(H2,17,18,19,22)/b16-7-. The van der Waals surface area contributed by atoms with E-state index in [9.17, 15) is 14.9 Å². The molecule has 0 radical (unpaired) electrons. The number of aromatic nitrogens is 2. The summed E-state index contributed by atoms with van der Waals surface area (Å²) >= 11 is 5.73. The van der Waals surface area contributed by atoms with Gasteiger partial charge >= 0.3 is 0 Å². The maximum Gasteiger partial charge on any atom is 0.288 e. The van der Waals surface area contributed by atoms with Gasteiger partial charge in [-0.1, -0.05) is 17.7 Å². The summed E-state index contributed by atoms with van der Waals surface area (Å²) in [5.41, 5.74) is 3.29. The number of anilines is 1. The molecule has 0 bridgehead atoms. The van der Waals surface area contributed by atoms with Gasteiger partial charge in [0, 0.05) is 30.2 Å². The number of nitro groups is 1. The van der Waals surface area contributed by atoms with Crippen molar-refractivity contribution in [2.75, 3.05) is 12.0 Å². The van der Waals surface area contributed by atoms with Gasteiger partial charge in [0.2, 0.25) is 5.95 Å². The Morgan fingerprint density at radius 1 is 1.54 bits per heavy atom. The second-order valence-corrected chi connectivity index (χ2v) is 5.20. The van der Waals surface area contributed by atoms with Crippen LogP contribution in [0, 0.1) is 17.0 Å². The van der Waals surface area contributed by atoms with E-state index in [-0.39, 0.29) is 35.2 Å². The minimum atomic E-state index is -0.588. The molecule has 126 valence electrons. The number of nitrogens with one attached hydrogen (secondary N) is 2. The highest BCUT2D eigenvalue weighted by molar-refractivity contribution is 6.32. The molecule has 0 aliphatic carbocycles. The van der Waals surface area contributed by atoms with E-state index in [2.05, 4.69) is 20.5 Å². The van der Waals surface area contributed by atoms with E-state index in [1.807, 2.05) is 0 Å². The van der Waals surface area contributed by atoms with Gasteiger partial charge in [-0.05, 0) is 13.0 Å². The molecule has 0 saturated heterocycles. The Hall–Kier alpha value is -2.78. The monoisotopic (exact) mass is 351 g/mol. The van der Waals surface area contributed by atoms with Crippen molar-refractivity contribution in [3.05, 3.63) is 60.5 Å². The van der Waals surface area contributed by atoms with Crippen LogP contribution >= 0.6 is 11.6 Å². The molecule has 0 aliphatic heterocycles. The zero-order valence-electron chi connectivity index (χ0n) is 12.6. The molecule has 0 fully saturated rings. The molecule has 10 heteroatoms. The third-order valence-corrected chi connectivity index (χ3v) is 3.45. The molecule has 24 heavy (non-hydrogen) atoms. The first-order valence-electron chi connectivity index (χ1n) is 6.86. The van der Waals surface area contributed by atoms with Gasteiger partial charge < -0.3 is 5.11 Å². The second-order valence-electron chi connectivity index (χ2n) is 4.79. The van der Waals surface area contributed by atoms with E-state index in [4.69, 9.17) is 16.7 Å². The van der Waals surface area contributed by atoms with Crippen molar-refractivity contribution < 1.29 is 10.0 Å². The highest BCUT2D eigenvalue weighted by Gasteiger charge is 2.12. The Kier molecular flexibility index (Phi) is 5.61. The summed E-state index contributed by atoms with van der Waals surface area (Å²) in [5, 5.41) is 23.6. The molecule has 1 aromatic heterocycles. The smallest absolute Gasteiger partial charge is 0.288 e. The Morgan fingerprint density at radius 2 is 2.29 bits per heavy atom. The molecule has 0 amide bonds. The molecule has 2 aromatic rings. The third-order valence-electron chi connectivity index (χ3n) is 3.14. The van der Waals surface area contributed by atoms with Gasteiger partial charge in [-0.25, -0.2) is 10.4 Å². The van der Waals surface area contributed by atoms with Crippen molar-refractivity contribution >= 4 is 29.5 Å². The van der Waals surface area contributed by atoms with Crippen LogP contribution in [0.4, 0.5) is 11.6 Å². The molecule has 0 saturated carbocycles. The number of halogens is 1. The molecule has 0 unspecified atom stereocenters. The van der Waals surface area contributed by atoms with Gasteiger partial charge in [0.1, 0.15) is 5.02 Å². The van der Waals surface area contributed by atoms with Crippen LogP contribution < -0.4 is 11.0 Å². The SMILES string of the molecule is Cc1nc(N/N=C\c2ccc(Cl)c([N+](=O)[O-])c2)[nH]c(=O)c1CCO. The minimum absolute atomic E-state index is 0.0335. The highest BCUT2D eigenvalue weighted by Crippen LogP contribution is 2.24. The van der Waals surface area contributed by atoms with Crippen LogP contribution in [-0.4, -0.2) is 32.8 Å². The summed E-state index contributed by atoms with van der Waals surface area (Å²) in [6.07, 6.45) is 1.55. The number of nitro benzene ring substituents is 1. The van der Waals surface area contributed by atoms with E-state index >= 15 is 0 Å². The normalized spacial score (nSPS) is 11.0. The Balaban J connectivity index is 2.16. The molecule has 0 atom stereocenters. The highest BCUT2D eigenvalue weighted by atomic mass is 35.5. The third kappa shape index (κ3) is 4.15. The Labute approximate surface area is 141 Å². The largest absolute Gasteiger partial charge is 0.396 e. The number of aryl methyl sites for hydroxylation is 1. The molecule has 9 nitrogen and oxygen atoms in total. The summed E-state index contributed by atoms with van der Waals surface area (Å²) in [7, 11) is 0. The number of rotatable bonds is 6. The molecular weight excluding hydrogens is 338 g/mol. The van der Waals surface area contributed by atoms with Crippen LogP contribution in [0.3, 0.4) is 0 Å². The lowest BCUT2D eigenvalue weighted by atomic mass is 10.2. The van der Waals surface area contributed by atoms with Gasteiger partial charge in [0.25, 0.3) is 11.2 Å². The van der Waals surface area contributed by atoms with Crippen molar-refractivity contribution in [1.29, 1.82) is 0 Å². The average Bonchev–Trinajstić information content (AvgIpc) is 2.52. The zero-order valence-corrected chi connectivity index (χ0v) is 13.4. The molecule has 0 spiro atoms. The van der Waals surface area contributed by atoms with Gasteiger partial charge in [-0.2, -0.15) is 5.10 Å². The zero-order chi connectivity index (χ0) is 17.7. The number of hydrazone groups is 1. The van der Waals surface area contributed by atoms with Crippen molar-refractivity contribution in [2.45, 2.75) is 13.3 Å². The molecular formula is C14H14ClN5O4. The summed E-state index contributed by atoms with van der Waals surface area (Å²) in [6.45, 7) is 1.50. The van der Waals surface area contributed by atoms with Crippen molar-refractivity contribution in [3.63, 3.8) is 0 Å². The first kappa shape index (κ1) is 17.6. The number of hydrogen-bond acceptors (Lipinski definition) is 7. The Bertz CT molecular complexity index is 850. The fraction of sp³-hybridized carbons (Fsp3) is 0.214. The van der Waals surface area contributed by atoms with Crippen molar-refractivity contribution in [1.82, 2.24) is 9.97 Å². The summed E-state index contributed by atoms with van der Waals surface area (Å²) in [4.78, 5) is 28.7. The number of aliphatic hydroxyl groups excluding tert-OH is 1. The van der Waals surface area contributed by atoms with Crippen molar-refractivity contribution in [2.24, 2.45) is 5.10 Å². The van der Waals surface area contributed by atoms with E-state index in [1.165, 1.54) is 18.3 Å². The van der Waals surface area contributed by atoms with E-state index in [1.54, 1.807) is 13.0 Å². The van der Waals surface area contributed by atoms with E-state index < -0.39 is 4.92 Å². The van der Waals surface area contributed by atoms with Gasteiger partial charge in [-0.15, -0.1) is 0 Å². The van der Waals surface area contributed by atoms with Crippen LogP contribution in [0.15, 0.2) is 28.1 Å². The maximum atomic E-state index is 11.9. The van der Waals surface area contributed by atoms with Gasteiger partial charge in [-0.3, -0.25) is 19.9 Å². The van der Waals surface area contributed by atoms with E-state index in [0.717, 1.165) is 0 Å². The number of nitrogens with zero attached hydrogens (tertiary/aromatic N) is 3. The van der Waals surface area contributed by atoms with Crippen molar-refractivity contribution in [3.8, 4) is 0 Å². The minimum Gasteiger partial charge on any atom is -0.396 e. The summed E-state index contributed by atoms with van der Waals surface area (Å²) in [6, 6.07) is 4.24. The van der Waals surface area contributed by atoms with Crippen LogP contribution in [0.5, 0.6) is 0 Å². The number of aromatic amines is 1. The topological polar surface area (TPSA) is 134 Å². The fourth-order valence-electron chi connectivity index (χ4n) is 1.99. The number of hydrogen-bond donors (Lipinski definition) is 3. The van der Waals surface area contributed by atoms with Crippen LogP contribution in [0.2, 0.25) is 5.02 Å². The molecule has 1 aromatic carbocycles.